The van der Waals surface area contributed by atoms with Crippen LogP contribution in [0.1, 0.15) is 16.1 Å². The number of ether oxygens (including phenoxy) is 1. The number of nitrogens with zero attached hydrogens (tertiary/aromatic N) is 1. The lowest BCUT2D eigenvalue weighted by molar-refractivity contribution is 0.0992. The van der Waals surface area contributed by atoms with Crippen LogP contribution in [0.25, 0.3) is 11.3 Å². The second kappa shape index (κ2) is 7.22. The van der Waals surface area contributed by atoms with Crippen LogP contribution >= 0.6 is 0 Å². The monoisotopic (exact) mass is 359 g/mol. The Hall–Kier alpha value is -3.42. The lowest BCUT2D eigenvalue weighted by Crippen LogP contribution is -2.17. The van der Waals surface area contributed by atoms with Crippen molar-refractivity contribution in [3.63, 3.8) is 0 Å². The highest BCUT2D eigenvalue weighted by Gasteiger charge is 2.18. The van der Waals surface area contributed by atoms with Crippen LogP contribution in [0, 0.1) is 11.6 Å². The molecule has 1 aromatic heterocycles. The van der Waals surface area contributed by atoms with E-state index in [-0.39, 0.29) is 12.2 Å². The third-order valence-electron chi connectivity index (χ3n) is 3.71. The standard InChI is InChI=1S/C18H15F2N3O3/c1-25-12-4-2-3-10(7-12)15-8-11(23-26-15)9-22-14-6-5-13(19)16(17(14)20)18(21)24/h2-8,22H,9H2,1H3,(H2,21,24). The fourth-order valence-corrected chi connectivity index (χ4v) is 2.41. The Balaban J connectivity index is 1.76. The van der Waals surface area contributed by atoms with E-state index >= 15 is 0 Å². The number of methoxy groups -OCH3 is 1. The first kappa shape index (κ1) is 17.4. The normalized spacial score (nSPS) is 10.6. The highest BCUT2D eigenvalue weighted by atomic mass is 19.1. The first-order chi connectivity index (χ1) is 12.5. The fourth-order valence-electron chi connectivity index (χ4n) is 2.41. The third kappa shape index (κ3) is 3.49. The van der Waals surface area contributed by atoms with E-state index in [0.29, 0.717) is 17.2 Å². The van der Waals surface area contributed by atoms with Gasteiger partial charge in [-0.1, -0.05) is 17.3 Å². The van der Waals surface area contributed by atoms with Gasteiger partial charge in [-0.05, 0) is 24.3 Å². The van der Waals surface area contributed by atoms with Gasteiger partial charge in [0.15, 0.2) is 11.6 Å². The Morgan fingerprint density at radius 3 is 2.81 bits per heavy atom. The molecular weight excluding hydrogens is 344 g/mol. The molecule has 3 rings (SSSR count). The molecule has 6 nitrogen and oxygen atoms in total. The molecule has 0 saturated heterocycles. The van der Waals surface area contributed by atoms with Crippen molar-refractivity contribution in [1.29, 1.82) is 0 Å². The van der Waals surface area contributed by atoms with Crippen LogP contribution in [0.5, 0.6) is 5.75 Å². The van der Waals surface area contributed by atoms with Crippen molar-refractivity contribution < 1.29 is 22.8 Å². The van der Waals surface area contributed by atoms with Crippen LogP contribution in [0.15, 0.2) is 47.0 Å². The Kier molecular flexibility index (Phi) is 4.83. The van der Waals surface area contributed by atoms with Gasteiger partial charge in [-0.15, -0.1) is 0 Å². The molecule has 0 saturated carbocycles. The summed E-state index contributed by atoms with van der Waals surface area (Å²) in [4.78, 5) is 11.2. The lowest BCUT2D eigenvalue weighted by Gasteiger charge is -2.08. The van der Waals surface area contributed by atoms with E-state index in [9.17, 15) is 13.6 Å². The van der Waals surface area contributed by atoms with Crippen LogP contribution in [-0.4, -0.2) is 18.2 Å². The SMILES string of the molecule is COc1cccc(-c2cc(CNc3ccc(F)c(C(N)=O)c3F)no2)c1. The predicted octanol–water partition coefficient (Wildman–Crippen LogP) is 3.34. The molecule has 0 bridgehead atoms. The molecule has 0 aliphatic carbocycles. The maximum absolute atomic E-state index is 14.2. The number of benzene rings is 2. The molecule has 0 aliphatic heterocycles. The van der Waals surface area contributed by atoms with Gasteiger partial charge in [0.2, 0.25) is 0 Å². The number of hydrogen-bond donors (Lipinski definition) is 2. The van der Waals surface area contributed by atoms with Gasteiger partial charge < -0.3 is 20.3 Å². The summed E-state index contributed by atoms with van der Waals surface area (Å²) in [6.45, 7) is 0.105. The van der Waals surface area contributed by atoms with Crippen LogP contribution < -0.4 is 15.8 Å². The first-order valence-corrected chi connectivity index (χ1v) is 7.61. The van der Waals surface area contributed by atoms with Gasteiger partial charge in [-0.2, -0.15) is 0 Å². The predicted molar refractivity (Wildman–Crippen MR) is 90.7 cm³/mol. The molecule has 0 radical (unpaired) electrons. The number of rotatable bonds is 6. The van der Waals surface area contributed by atoms with Crippen molar-refractivity contribution in [3.8, 4) is 17.1 Å². The minimum Gasteiger partial charge on any atom is -0.497 e. The number of primary amides is 1. The van der Waals surface area contributed by atoms with Crippen LogP contribution in [-0.2, 0) is 6.54 Å². The maximum atomic E-state index is 14.2. The second-order valence-electron chi connectivity index (χ2n) is 5.42. The fraction of sp³-hybridized carbons (Fsp3) is 0.111. The largest absolute Gasteiger partial charge is 0.497 e. The summed E-state index contributed by atoms with van der Waals surface area (Å²) in [5.41, 5.74) is 5.41. The number of anilines is 1. The molecular formula is C18H15F2N3O3. The van der Waals surface area contributed by atoms with Crippen LogP contribution in [0.2, 0.25) is 0 Å². The number of carbonyl (C=O) groups is 1. The Bertz CT molecular complexity index is 957. The number of aromatic nitrogens is 1. The Morgan fingerprint density at radius 1 is 1.27 bits per heavy atom. The van der Waals surface area contributed by atoms with E-state index in [4.69, 9.17) is 15.0 Å². The molecule has 2 aromatic carbocycles. The smallest absolute Gasteiger partial charge is 0.254 e. The van der Waals surface area contributed by atoms with E-state index in [1.165, 1.54) is 6.07 Å². The van der Waals surface area contributed by atoms with Crippen molar-refractivity contribution in [2.24, 2.45) is 5.73 Å². The molecule has 1 amide bonds. The summed E-state index contributed by atoms with van der Waals surface area (Å²) in [5, 5.41) is 6.64. The highest BCUT2D eigenvalue weighted by Crippen LogP contribution is 2.25. The molecule has 0 fully saturated rings. The van der Waals surface area contributed by atoms with Crippen molar-refractivity contribution >= 4 is 11.6 Å². The van der Waals surface area contributed by atoms with Gasteiger partial charge >= 0.3 is 0 Å². The van der Waals surface area contributed by atoms with Gasteiger partial charge in [0.05, 0.1) is 19.3 Å². The molecule has 3 N–H and O–H groups in total. The van der Waals surface area contributed by atoms with Crippen molar-refractivity contribution in [3.05, 3.63) is 65.4 Å². The quantitative estimate of drug-likeness (QED) is 0.704. The van der Waals surface area contributed by atoms with E-state index < -0.39 is 23.1 Å². The average Bonchev–Trinajstić information content (AvgIpc) is 3.10. The molecule has 0 unspecified atom stereocenters. The van der Waals surface area contributed by atoms with Crippen molar-refractivity contribution in [2.75, 3.05) is 12.4 Å². The maximum Gasteiger partial charge on any atom is 0.254 e. The first-order valence-electron chi connectivity index (χ1n) is 7.61. The lowest BCUT2D eigenvalue weighted by atomic mass is 10.1. The van der Waals surface area contributed by atoms with E-state index in [2.05, 4.69) is 10.5 Å². The van der Waals surface area contributed by atoms with E-state index in [0.717, 1.165) is 11.6 Å². The minimum atomic E-state index is -1.18. The Labute approximate surface area is 147 Å². The van der Waals surface area contributed by atoms with Gasteiger partial charge in [0.25, 0.3) is 5.91 Å². The summed E-state index contributed by atoms with van der Waals surface area (Å²) >= 11 is 0. The average molecular weight is 359 g/mol. The van der Waals surface area contributed by atoms with Gasteiger partial charge in [-0.25, -0.2) is 8.78 Å². The third-order valence-corrected chi connectivity index (χ3v) is 3.71. The number of nitrogens with one attached hydrogen (secondary N) is 1. The topological polar surface area (TPSA) is 90.4 Å². The molecule has 0 spiro atoms. The van der Waals surface area contributed by atoms with Crippen LogP contribution in [0.4, 0.5) is 14.5 Å². The van der Waals surface area contributed by atoms with E-state index in [1.54, 1.807) is 25.3 Å². The summed E-state index contributed by atoms with van der Waals surface area (Å²) in [6, 6.07) is 11.1. The number of hydrogen-bond acceptors (Lipinski definition) is 5. The molecule has 134 valence electrons. The zero-order chi connectivity index (χ0) is 18.7. The molecule has 0 aliphatic rings. The minimum absolute atomic E-state index is 0.0638. The van der Waals surface area contributed by atoms with Crippen molar-refractivity contribution in [2.45, 2.75) is 6.54 Å². The number of amides is 1. The summed E-state index contributed by atoms with van der Waals surface area (Å²) in [6.07, 6.45) is 0. The molecule has 8 heteroatoms. The number of nitrogens with two attached hydrogens (primary N) is 1. The zero-order valence-electron chi connectivity index (χ0n) is 13.8. The van der Waals surface area contributed by atoms with Crippen LogP contribution in [0.3, 0.4) is 0 Å². The summed E-state index contributed by atoms with van der Waals surface area (Å²) in [5.74, 6) is -2.05. The van der Waals surface area contributed by atoms with E-state index in [1.807, 2.05) is 12.1 Å². The molecule has 3 aromatic rings. The summed E-state index contributed by atoms with van der Waals surface area (Å²) < 4.78 is 38.1. The molecule has 26 heavy (non-hydrogen) atoms. The highest BCUT2D eigenvalue weighted by molar-refractivity contribution is 5.94. The summed E-state index contributed by atoms with van der Waals surface area (Å²) in [7, 11) is 1.56. The van der Waals surface area contributed by atoms with Crippen molar-refractivity contribution in [1.82, 2.24) is 5.16 Å². The number of carbonyl (C=O) groups excluding carboxylic acids is 1. The second-order valence-corrected chi connectivity index (χ2v) is 5.42. The van der Waals surface area contributed by atoms with Gasteiger partial charge in [0.1, 0.15) is 22.8 Å². The zero-order valence-corrected chi connectivity index (χ0v) is 13.8. The Morgan fingerprint density at radius 2 is 2.08 bits per heavy atom. The van der Waals surface area contributed by atoms with Gasteiger partial charge in [-0.3, -0.25) is 4.79 Å². The molecule has 1 heterocycles. The molecule has 0 atom stereocenters. The van der Waals surface area contributed by atoms with Gasteiger partial charge in [0, 0.05) is 11.6 Å². The number of halogens is 2.